The van der Waals surface area contributed by atoms with Crippen LogP contribution in [0.1, 0.15) is 63.0 Å². The third-order valence-electron chi connectivity index (χ3n) is 5.66. The van der Waals surface area contributed by atoms with Crippen LogP contribution in [0.4, 0.5) is 0 Å². The van der Waals surface area contributed by atoms with Crippen LogP contribution >= 0.6 is 0 Å². The molecule has 2 aliphatic rings. The van der Waals surface area contributed by atoms with Crippen molar-refractivity contribution in [2.45, 2.75) is 57.9 Å². The summed E-state index contributed by atoms with van der Waals surface area (Å²) in [4.78, 5) is 27.8. The molecule has 27 heavy (non-hydrogen) atoms. The second kappa shape index (κ2) is 9.30. The van der Waals surface area contributed by atoms with Crippen LogP contribution in [0.3, 0.4) is 0 Å². The zero-order valence-corrected chi connectivity index (χ0v) is 16.6. The Balaban J connectivity index is 1.57. The first-order valence-corrected chi connectivity index (χ1v) is 10.2. The smallest absolute Gasteiger partial charge is 0.224 e. The van der Waals surface area contributed by atoms with Gasteiger partial charge in [0.1, 0.15) is 11.6 Å². The first kappa shape index (κ1) is 19.8. The normalized spacial score (nSPS) is 21.3. The molecule has 2 aliphatic heterocycles. The maximum absolute atomic E-state index is 12.4. The van der Waals surface area contributed by atoms with E-state index in [-0.39, 0.29) is 17.7 Å². The lowest BCUT2D eigenvalue weighted by atomic mass is 9.97. The number of rotatable bonds is 6. The van der Waals surface area contributed by atoms with Gasteiger partial charge < -0.3 is 14.8 Å². The molecule has 8 heteroatoms. The van der Waals surface area contributed by atoms with Crippen LogP contribution in [-0.2, 0) is 23.2 Å². The van der Waals surface area contributed by atoms with E-state index in [1.165, 1.54) is 26.2 Å². The number of hydrogen-bond acceptors (Lipinski definition) is 5. The fourth-order valence-electron chi connectivity index (χ4n) is 4.10. The number of carbonyl (C=O) groups is 2. The van der Waals surface area contributed by atoms with Gasteiger partial charge in [-0.1, -0.05) is 6.42 Å². The van der Waals surface area contributed by atoms with E-state index in [1.807, 2.05) is 11.9 Å². The molecule has 0 aliphatic carbocycles. The van der Waals surface area contributed by atoms with Crippen LogP contribution in [0.25, 0.3) is 0 Å². The van der Waals surface area contributed by atoms with Crippen LogP contribution in [0.5, 0.6) is 0 Å². The van der Waals surface area contributed by atoms with Crippen LogP contribution < -0.4 is 5.32 Å². The molecule has 0 saturated carbocycles. The van der Waals surface area contributed by atoms with E-state index in [0.717, 1.165) is 50.7 Å². The van der Waals surface area contributed by atoms with E-state index >= 15 is 0 Å². The predicted molar refractivity (Wildman–Crippen MR) is 102 cm³/mol. The number of hydrogen-bond donors (Lipinski definition) is 1. The Morgan fingerprint density at radius 2 is 1.89 bits per heavy atom. The summed E-state index contributed by atoms with van der Waals surface area (Å²) >= 11 is 0. The molecule has 0 bridgehead atoms. The first-order chi connectivity index (χ1) is 13.0. The molecule has 2 saturated heterocycles. The van der Waals surface area contributed by atoms with Crippen molar-refractivity contribution in [2.24, 2.45) is 7.05 Å². The van der Waals surface area contributed by atoms with Crippen molar-refractivity contribution in [3.8, 4) is 0 Å². The minimum atomic E-state index is -0.0976. The number of piperidine rings is 2. The molecule has 1 atom stereocenters. The fraction of sp³-hybridized carbons (Fsp3) is 0.789. The maximum atomic E-state index is 12.4. The third-order valence-corrected chi connectivity index (χ3v) is 5.66. The van der Waals surface area contributed by atoms with Gasteiger partial charge in [0.2, 0.25) is 11.8 Å². The molecular formula is C19H32N6O2. The number of likely N-dealkylation sites (tertiary alicyclic amines) is 2. The lowest BCUT2D eigenvalue weighted by Gasteiger charge is -2.32. The molecule has 0 aromatic carbocycles. The zero-order valence-electron chi connectivity index (χ0n) is 16.6. The minimum Gasteiger partial charge on any atom is -0.356 e. The Kier molecular flexibility index (Phi) is 6.82. The molecule has 8 nitrogen and oxygen atoms in total. The third kappa shape index (κ3) is 5.28. The Bertz CT molecular complexity index is 653. The zero-order chi connectivity index (χ0) is 19.2. The lowest BCUT2D eigenvalue weighted by molar-refractivity contribution is -0.132. The first-order valence-electron chi connectivity index (χ1n) is 10.2. The highest BCUT2D eigenvalue weighted by Gasteiger charge is 2.28. The van der Waals surface area contributed by atoms with Crippen molar-refractivity contribution in [3.63, 3.8) is 0 Å². The van der Waals surface area contributed by atoms with Crippen molar-refractivity contribution in [3.05, 3.63) is 11.6 Å². The molecule has 2 amide bonds. The van der Waals surface area contributed by atoms with Gasteiger partial charge >= 0.3 is 0 Å². The molecule has 0 radical (unpaired) electrons. The molecule has 3 rings (SSSR count). The Morgan fingerprint density at radius 1 is 1.11 bits per heavy atom. The van der Waals surface area contributed by atoms with Gasteiger partial charge in [0.05, 0.1) is 6.54 Å². The van der Waals surface area contributed by atoms with Crippen LogP contribution in [-0.4, -0.2) is 69.1 Å². The second-order valence-corrected chi connectivity index (χ2v) is 7.78. The Morgan fingerprint density at radius 3 is 2.63 bits per heavy atom. The molecular weight excluding hydrogens is 344 g/mol. The molecule has 1 unspecified atom stereocenters. The number of nitrogens with one attached hydrogen (secondary N) is 1. The summed E-state index contributed by atoms with van der Waals surface area (Å²) in [5.74, 6) is 2.24. The van der Waals surface area contributed by atoms with E-state index in [4.69, 9.17) is 0 Å². The van der Waals surface area contributed by atoms with E-state index in [0.29, 0.717) is 19.5 Å². The van der Waals surface area contributed by atoms with E-state index in [2.05, 4.69) is 25.0 Å². The Labute approximate surface area is 161 Å². The van der Waals surface area contributed by atoms with Crippen LogP contribution in [0.2, 0.25) is 0 Å². The monoisotopic (exact) mass is 376 g/mol. The molecule has 150 valence electrons. The lowest BCUT2D eigenvalue weighted by Crippen LogP contribution is -2.41. The number of aromatic nitrogens is 3. The summed E-state index contributed by atoms with van der Waals surface area (Å²) in [5.41, 5.74) is 0. The van der Waals surface area contributed by atoms with Gasteiger partial charge in [-0.2, -0.15) is 0 Å². The minimum absolute atomic E-state index is 0.0976. The quantitative estimate of drug-likeness (QED) is 0.802. The molecule has 1 aromatic heterocycles. The predicted octanol–water partition coefficient (Wildman–Crippen LogP) is 1.03. The number of carbonyl (C=O) groups excluding carboxylic acids is 2. The van der Waals surface area contributed by atoms with E-state index < -0.39 is 0 Å². The molecule has 1 N–H and O–H groups in total. The average Bonchev–Trinajstić information content (AvgIpc) is 3.03. The van der Waals surface area contributed by atoms with E-state index in [9.17, 15) is 9.59 Å². The van der Waals surface area contributed by atoms with Gasteiger partial charge in [-0.15, -0.1) is 10.2 Å². The summed E-state index contributed by atoms with van der Waals surface area (Å²) in [6, 6.07) is 0. The molecule has 2 fully saturated rings. The van der Waals surface area contributed by atoms with Crippen molar-refractivity contribution in [1.82, 2.24) is 29.9 Å². The second-order valence-electron chi connectivity index (χ2n) is 7.78. The number of amides is 2. The van der Waals surface area contributed by atoms with Crippen molar-refractivity contribution < 1.29 is 9.59 Å². The van der Waals surface area contributed by atoms with Crippen LogP contribution in [0, 0.1) is 0 Å². The molecule has 1 aromatic rings. The summed E-state index contributed by atoms with van der Waals surface area (Å²) < 4.78 is 2.13. The SMILES string of the molecule is CC(=O)NCCC(=O)N1CCCC(c2nnc(CN3CCCCC3)n2C)C1. The highest BCUT2D eigenvalue weighted by molar-refractivity contribution is 5.78. The van der Waals surface area contributed by atoms with Gasteiger partial charge in [0.15, 0.2) is 0 Å². The summed E-state index contributed by atoms with van der Waals surface area (Å²) in [6.07, 6.45) is 6.22. The van der Waals surface area contributed by atoms with Crippen molar-refractivity contribution in [2.75, 3.05) is 32.7 Å². The van der Waals surface area contributed by atoms with Crippen LogP contribution in [0.15, 0.2) is 0 Å². The van der Waals surface area contributed by atoms with Gasteiger partial charge in [-0.25, -0.2) is 0 Å². The van der Waals surface area contributed by atoms with Gasteiger partial charge in [0, 0.05) is 45.9 Å². The largest absolute Gasteiger partial charge is 0.356 e. The van der Waals surface area contributed by atoms with Gasteiger partial charge in [0.25, 0.3) is 0 Å². The Hall–Kier alpha value is -1.96. The van der Waals surface area contributed by atoms with Crippen molar-refractivity contribution >= 4 is 11.8 Å². The van der Waals surface area contributed by atoms with Gasteiger partial charge in [-0.3, -0.25) is 14.5 Å². The summed E-state index contributed by atoms with van der Waals surface area (Å²) in [7, 11) is 2.05. The maximum Gasteiger partial charge on any atom is 0.224 e. The number of nitrogens with zero attached hydrogens (tertiary/aromatic N) is 5. The average molecular weight is 377 g/mol. The van der Waals surface area contributed by atoms with E-state index in [1.54, 1.807) is 0 Å². The standard InChI is InChI=1S/C19H32N6O2/c1-15(26)20-9-8-18(27)25-12-6-7-16(13-25)19-22-21-17(23(19)2)14-24-10-4-3-5-11-24/h16H,3-14H2,1-2H3,(H,20,26). The highest BCUT2D eigenvalue weighted by atomic mass is 16.2. The molecule has 0 spiro atoms. The summed E-state index contributed by atoms with van der Waals surface area (Å²) in [6.45, 7) is 6.48. The molecule has 3 heterocycles. The van der Waals surface area contributed by atoms with Crippen molar-refractivity contribution in [1.29, 1.82) is 0 Å². The summed E-state index contributed by atoms with van der Waals surface area (Å²) in [5, 5.41) is 11.6. The topological polar surface area (TPSA) is 83.4 Å². The fourth-order valence-corrected chi connectivity index (χ4v) is 4.10. The highest BCUT2D eigenvalue weighted by Crippen LogP contribution is 2.26. The van der Waals surface area contributed by atoms with Gasteiger partial charge in [-0.05, 0) is 38.8 Å².